The first-order chi connectivity index (χ1) is 14.3. The van der Waals surface area contributed by atoms with Crippen molar-refractivity contribution in [2.45, 2.75) is 26.8 Å². The molecule has 0 bridgehead atoms. The van der Waals surface area contributed by atoms with E-state index in [0.717, 1.165) is 22.6 Å². The Labute approximate surface area is 178 Å². The molecule has 2 aromatic carbocycles. The Balaban J connectivity index is 1.56. The van der Waals surface area contributed by atoms with E-state index in [1.165, 1.54) is 12.1 Å². The largest absolute Gasteiger partial charge is 0.452 e. The van der Waals surface area contributed by atoms with E-state index in [1.807, 2.05) is 13.8 Å². The molecule has 3 aromatic rings. The van der Waals surface area contributed by atoms with Gasteiger partial charge in [-0.1, -0.05) is 23.7 Å². The van der Waals surface area contributed by atoms with Crippen LogP contribution in [0.3, 0.4) is 0 Å². The molecule has 0 radical (unpaired) electrons. The van der Waals surface area contributed by atoms with Crippen molar-refractivity contribution in [2.75, 3.05) is 6.61 Å². The summed E-state index contributed by atoms with van der Waals surface area (Å²) in [6, 6.07) is 12.1. The zero-order chi connectivity index (χ0) is 21.8. The van der Waals surface area contributed by atoms with Crippen LogP contribution < -0.4 is 5.32 Å². The predicted octanol–water partition coefficient (Wildman–Crippen LogP) is 4.32. The Morgan fingerprint density at radius 3 is 2.33 bits per heavy atom. The molecule has 0 spiro atoms. The minimum absolute atomic E-state index is 0.311. The number of esters is 1. The lowest BCUT2D eigenvalue weighted by atomic mass is 10.1. The number of nitrogens with one attached hydrogen (secondary N) is 1. The van der Waals surface area contributed by atoms with Crippen LogP contribution in [0, 0.1) is 19.7 Å². The molecule has 156 valence electrons. The van der Waals surface area contributed by atoms with Crippen LogP contribution in [0.25, 0.3) is 5.69 Å². The summed E-state index contributed by atoms with van der Waals surface area (Å²) in [4.78, 5) is 24.3. The van der Waals surface area contributed by atoms with Crippen molar-refractivity contribution in [3.05, 3.63) is 81.9 Å². The Kier molecular flexibility index (Phi) is 6.52. The number of hydrogen-bond donors (Lipinski definition) is 1. The second-order valence-electron chi connectivity index (χ2n) is 6.86. The molecule has 1 atom stereocenters. The summed E-state index contributed by atoms with van der Waals surface area (Å²) < 4.78 is 19.8. The summed E-state index contributed by atoms with van der Waals surface area (Å²) in [5, 5.41) is 7.67. The van der Waals surface area contributed by atoms with Gasteiger partial charge in [-0.15, -0.1) is 0 Å². The highest BCUT2D eigenvalue weighted by Crippen LogP contribution is 2.22. The van der Waals surface area contributed by atoms with E-state index in [1.54, 1.807) is 48.0 Å². The monoisotopic (exact) mass is 429 g/mol. The van der Waals surface area contributed by atoms with E-state index in [-0.39, 0.29) is 11.9 Å². The van der Waals surface area contributed by atoms with E-state index < -0.39 is 18.5 Å². The van der Waals surface area contributed by atoms with Gasteiger partial charge in [0.15, 0.2) is 6.61 Å². The predicted molar refractivity (Wildman–Crippen MR) is 111 cm³/mol. The van der Waals surface area contributed by atoms with Gasteiger partial charge in [0, 0.05) is 0 Å². The molecular weight excluding hydrogens is 409 g/mol. The summed E-state index contributed by atoms with van der Waals surface area (Å²) in [5.74, 6) is -1.41. The summed E-state index contributed by atoms with van der Waals surface area (Å²) in [6.45, 7) is 5.02. The zero-order valence-electron chi connectivity index (χ0n) is 16.8. The van der Waals surface area contributed by atoms with E-state index >= 15 is 0 Å². The van der Waals surface area contributed by atoms with Crippen LogP contribution in [0.15, 0.2) is 48.5 Å². The first-order valence-electron chi connectivity index (χ1n) is 9.30. The maximum absolute atomic E-state index is 13.0. The van der Waals surface area contributed by atoms with Crippen molar-refractivity contribution in [1.82, 2.24) is 15.1 Å². The molecule has 1 unspecified atom stereocenters. The van der Waals surface area contributed by atoms with Crippen LogP contribution in [-0.4, -0.2) is 28.3 Å². The Bertz CT molecular complexity index is 1060. The molecule has 1 N–H and O–H groups in total. The second-order valence-corrected chi connectivity index (χ2v) is 7.24. The highest BCUT2D eigenvalue weighted by molar-refractivity contribution is 6.31. The highest BCUT2D eigenvalue weighted by Gasteiger charge is 2.15. The van der Waals surface area contributed by atoms with Crippen LogP contribution in [0.1, 0.15) is 40.3 Å². The standard InChI is InChI=1S/C22H21ClFN3O3/c1-13(16-4-8-18(24)9-5-16)25-20(28)12-30-22(29)17-6-10-19(11-7-17)27-15(3)21(23)14(2)26-27/h4-11,13H,12H2,1-3H3,(H,25,28). The maximum atomic E-state index is 13.0. The van der Waals surface area contributed by atoms with Gasteiger partial charge in [-0.05, 0) is 62.7 Å². The number of benzene rings is 2. The number of halogens is 2. The number of amides is 1. The van der Waals surface area contributed by atoms with Gasteiger partial charge in [0.2, 0.25) is 0 Å². The van der Waals surface area contributed by atoms with E-state index in [0.29, 0.717) is 10.6 Å². The van der Waals surface area contributed by atoms with Crippen molar-refractivity contribution in [3.63, 3.8) is 0 Å². The van der Waals surface area contributed by atoms with Crippen molar-refractivity contribution in [3.8, 4) is 5.69 Å². The quantitative estimate of drug-likeness (QED) is 0.592. The van der Waals surface area contributed by atoms with E-state index in [9.17, 15) is 14.0 Å². The Morgan fingerprint density at radius 1 is 1.13 bits per heavy atom. The Hall–Kier alpha value is -3.19. The van der Waals surface area contributed by atoms with Gasteiger partial charge < -0.3 is 10.1 Å². The lowest BCUT2D eigenvalue weighted by molar-refractivity contribution is -0.124. The molecule has 30 heavy (non-hydrogen) atoms. The average molecular weight is 430 g/mol. The molecule has 1 heterocycles. The fourth-order valence-corrected chi connectivity index (χ4v) is 3.06. The summed E-state index contributed by atoms with van der Waals surface area (Å²) in [6.07, 6.45) is 0. The summed E-state index contributed by atoms with van der Waals surface area (Å²) in [5.41, 5.74) is 3.33. The molecule has 8 heteroatoms. The second kappa shape index (κ2) is 9.09. The maximum Gasteiger partial charge on any atom is 0.338 e. The molecule has 3 rings (SSSR count). The topological polar surface area (TPSA) is 73.2 Å². The fraction of sp³-hybridized carbons (Fsp3) is 0.227. The molecule has 0 aliphatic heterocycles. The van der Waals surface area contributed by atoms with Gasteiger partial charge in [0.05, 0.1) is 33.7 Å². The minimum atomic E-state index is -0.613. The third-order valence-corrected chi connectivity index (χ3v) is 5.18. The average Bonchev–Trinajstić information content (AvgIpc) is 3.00. The highest BCUT2D eigenvalue weighted by atomic mass is 35.5. The number of rotatable bonds is 6. The molecule has 0 fully saturated rings. The summed E-state index contributed by atoms with van der Waals surface area (Å²) >= 11 is 6.17. The van der Waals surface area contributed by atoms with E-state index in [2.05, 4.69) is 10.4 Å². The minimum Gasteiger partial charge on any atom is -0.452 e. The van der Waals surface area contributed by atoms with Crippen molar-refractivity contribution >= 4 is 23.5 Å². The van der Waals surface area contributed by atoms with Gasteiger partial charge in [-0.2, -0.15) is 5.10 Å². The van der Waals surface area contributed by atoms with Gasteiger partial charge >= 0.3 is 5.97 Å². The fourth-order valence-electron chi connectivity index (χ4n) is 2.95. The molecule has 0 saturated carbocycles. The first kappa shape index (κ1) is 21.5. The van der Waals surface area contributed by atoms with E-state index in [4.69, 9.17) is 16.3 Å². The van der Waals surface area contributed by atoms with Crippen LogP contribution in [0.4, 0.5) is 4.39 Å². The molecule has 0 saturated heterocycles. The molecule has 1 aromatic heterocycles. The van der Waals surface area contributed by atoms with Crippen LogP contribution in [0.2, 0.25) is 5.02 Å². The number of carbonyl (C=O) groups is 2. The number of nitrogens with zero attached hydrogens (tertiary/aromatic N) is 2. The number of aromatic nitrogens is 2. The van der Waals surface area contributed by atoms with Crippen LogP contribution >= 0.6 is 11.6 Å². The third-order valence-electron chi connectivity index (χ3n) is 4.63. The number of ether oxygens (including phenoxy) is 1. The lowest BCUT2D eigenvalue weighted by Crippen LogP contribution is -2.31. The van der Waals surface area contributed by atoms with Crippen molar-refractivity contribution in [2.24, 2.45) is 0 Å². The summed E-state index contributed by atoms with van der Waals surface area (Å²) in [7, 11) is 0. The number of aryl methyl sites for hydroxylation is 1. The van der Waals surface area contributed by atoms with Crippen molar-refractivity contribution in [1.29, 1.82) is 0 Å². The van der Waals surface area contributed by atoms with Crippen molar-refractivity contribution < 1.29 is 18.7 Å². The first-order valence-corrected chi connectivity index (χ1v) is 9.68. The lowest BCUT2D eigenvalue weighted by Gasteiger charge is -2.14. The van der Waals surface area contributed by atoms with Gasteiger partial charge in [-0.25, -0.2) is 13.9 Å². The zero-order valence-corrected chi connectivity index (χ0v) is 17.5. The molecule has 6 nitrogen and oxygen atoms in total. The number of carbonyl (C=O) groups excluding carboxylic acids is 2. The Morgan fingerprint density at radius 2 is 1.77 bits per heavy atom. The van der Waals surface area contributed by atoms with Crippen LogP contribution in [-0.2, 0) is 9.53 Å². The third kappa shape index (κ3) is 4.86. The van der Waals surface area contributed by atoms with Gasteiger partial charge in [0.1, 0.15) is 5.82 Å². The van der Waals surface area contributed by atoms with Gasteiger partial charge in [0.25, 0.3) is 5.91 Å². The molecular formula is C22H21ClFN3O3. The van der Waals surface area contributed by atoms with Crippen LogP contribution in [0.5, 0.6) is 0 Å². The van der Waals surface area contributed by atoms with Gasteiger partial charge in [-0.3, -0.25) is 4.79 Å². The molecule has 0 aliphatic rings. The molecule has 0 aliphatic carbocycles. The SMILES string of the molecule is Cc1nn(-c2ccc(C(=O)OCC(=O)NC(C)c3ccc(F)cc3)cc2)c(C)c1Cl. The normalized spacial score (nSPS) is 11.8. The number of hydrogen-bond acceptors (Lipinski definition) is 4. The smallest absolute Gasteiger partial charge is 0.338 e. The molecule has 1 amide bonds.